The van der Waals surface area contributed by atoms with Crippen molar-refractivity contribution >= 4 is 5.95 Å². The Morgan fingerprint density at radius 1 is 0.966 bits per heavy atom. The van der Waals surface area contributed by atoms with Gasteiger partial charge in [0.25, 0.3) is 0 Å². The van der Waals surface area contributed by atoms with Gasteiger partial charge in [0.05, 0.1) is 7.11 Å². The van der Waals surface area contributed by atoms with Crippen LogP contribution in [0.1, 0.15) is 50.0 Å². The Bertz CT molecular complexity index is 722. The van der Waals surface area contributed by atoms with Crippen molar-refractivity contribution in [1.82, 2.24) is 14.9 Å². The Balaban J connectivity index is 1.35. The highest BCUT2D eigenvalue weighted by Crippen LogP contribution is 2.38. The van der Waals surface area contributed by atoms with Crippen molar-refractivity contribution in [2.75, 3.05) is 44.7 Å². The van der Waals surface area contributed by atoms with E-state index in [4.69, 9.17) is 4.74 Å². The maximum atomic E-state index is 5.37. The Hall–Kier alpha value is -2.14. The van der Waals surface area contributed by atoms with Crippen molar-refractivity contribution in [1.29, 1.82) is 0 Å². The SMILES string of the molecule is COc1ccc(C(CCN2CCN(c3ncccn3)CC2)C2CCCCC2)cc1. The Morgan fingerprint density at radius 2 is 1.66 bits per heavy atom. The van der Waals surface area contributed by atoms with Crippen LogP contribution in [-0.4, -0.2) is 54.7 Å². The zero-order valence-corrected chi connectivity index (χ0v) is 17.7. The minimum atomic E-state index is 0.664. The fraction of sp³-hybridized carbons (Fsp3) is 0.583. The fourth-order valence-corrected chi connectivity index (χ4v) is 5.01. The lowest BCUT2D eigenvalue weighted by Gasteiger charge is -2.37. The van der Waals surface area contributed by atoms with Gasteiger partial charge in [0.2, 0.25) is 5.95 Å². The average Bonchev–Trinajstić information content (AvgIpc) is 2.81. The smallest absolute Gasteiger partial charge is 0.225 e. The maximum absolute atomic E-state index is 5.37. The van der Waals surface area contributed by atoms with Gasteiger partial charge in [-0.3, -0.25) is 4.90 Å². The van der Waals surface area contributed by atoms with Gasteiger partial charge >= 0.3 is 0 Å². The largest absolute Gasteiger partial charge is 0.497 e. The highest BCUT2D eigenvalue weighted by atomic mass is 16.5. The van der Waals surface area contributed by atoms with E-state index in [-0.39, 0.29) is 0 Å². The van der Waals surface area contributed by atoms with Crippen LogP contribution in [0.3, 0.4) is 0 Å². The molecular weight excluding hydrogens is 360 g/mol. The Kier molecular flexibility index (Phi) is 6.99. The number of piperazine rings is 1. The quantitative estimate of drug-likeness (QED) is 0.698. The molecule has 29 heavy (non-hydrogen) atoms. The molecule has 2 aliphatic rings. The summed E-state index contributed by atoms with van der Waals surface area (Å²) in [5.41, 5.74) is 1.49. The summed E-state index contributed by atoms with van der Waals surface area (Å²) in [5.74, 6) is 3.31. The lowest BCUT2D eigenvalue weighted by Crippen LogP contribution is -2.47. The van der Waals surface area contributed by atoms with Crippen molar-refractivity contribution in [3.05, 3.63) is 48.3 Å². The molecule has 0 bridgehead atoms. The van der Waals surface area contributed by atoms with Crippen molar-refractivity contribution in [2.24, 2.45) is 5.92 Å². The summed E-state index contributed by atoms with van der Waals surface area (Å²) < 4.78 is 5.37. The van der Waals surface area contributed by atoms with Gasteiger partial charge in [0.15, 0.2) is 0 Å². The topological polar surface area (TPSA) is 41.5 Å². The summed E-state index contributed by atoms with van der Waals surface area (Å²) in [6.45, 7) is 5.40. The third-order valence-corrected chi connectivity index (χ3v) is 6.73. The van der Waals surface area contributed by atoms with Crippen molar-refractivity contribution in [3.63, 3.8) is 0 Å². The predicted octanol–water partition coefficient (Wildman–Crippen LogP) is 4.36. The highest BCUT2D eigenvalue weighted by molar-refractivity contribution is 5.30. The molecule has 5 heteroatoms. The number of hydrogen-bond acceptors (Lipinski definition) is 5. The van der Waals surface area contributed by atoms with Crippen LogP contribution < -0.4 is 9.64 Å². The molecule has 0 radical (unpaired) electrons. The standard InChI is InChI=1S/C24H34N4O/c1-29-22-10-8-21(9-11-22)23(20-6-3-2-4-7-20)12-15-27-16-18-28(19-17-27)24-25-13-5-14-26-24/h5,8-11,13-14,20,23H,2-4,6-7,12,15-19H2,1H3. The molecule has 1 aromatic carbocycles. The lowest BCUT2D eigenvalue weighted by molar-refractivity contribution is 0.221. The first-order chi connectivity index (χ1) is 14.3. The van der Waals surface area contributed by atoms with E-state index in [9.17, 15) is 0 Å². The van der Waals surface area contributed by atoms with E-state index in [1.54, 1.807) is 7.11 Å². The second kappa shape index (κ2) is 10.1. The number of hydrogen-bond donors (Lipinski definition) is 0. The predicted molar refractivity (Wildman–Crippen MR) is 118 cm³/mol. The van der Waals surface area contributed by atoms with E-state index in [0.717, 1.165) is 43.8 Å². The molecule has 2 heterocycles. The number of benzene rings is 1. The van der Waals surface area contributed by atoms with E-state index < -0.39 is 0 Å². The van der Waals surface area contributed by atoms with Crippen LogP contribution in [0.2, 0.25) is 0 Å². The Morgan fingerprint density at radius 3 is 2.31 bits per heavy atom. The molecule has 1 aliphatic carbocycles. The van der Waals surface area contributed by atoms with E-state index >= 15 is 0 Å². The van der Waals surface area contributed by atoms with E-state index in [0.29, 0.717) is 5.92 Å². The van der Waals surface area contributed by atoms with Gasteiger partial charge in [-0.25, -0.2) is 9.97 Å². The van der Waals surface area contributed by atoms with Gasteiger partial charge in [-0.2, -0.15) is 0 Å². The molecule has 2 aromatic rings. The molecular formula is C24H34N4O. The van der Waals surface area contributed by atoms with Crippen molar-refractivity contribution in [3.8, 4) is 5.75 Å². The summed E-state index contributed by atoms with van der Waals surface area (Å²) in [6, 6.07) is 10.7. The number of anilines is 1. The van der Waals surface area contributed by atoms with Gasteiger partial charge in [0.1, 0.15) is 5.75 Å². The molecule has 4 rings (SSSR count). The zero-order chi connectivity index (χ0) is 19.9. The van der Waals surface area contributed by atoms with E-state index in [1.165, 1.54) is 50.6 Å². The molecule has 1 saturated carbocycles. The van der Waals surface area contributed by atoms with Gasteiger partial charge < -0.3 is 9.64 Å². The minimum Gasteiger partial charge on any atom is -0.497 e. The minimum absolute atomic E-state index is 0.664. The summed E-state index contributed by atoms with van der Waals surface area (Å²) in [7, 11) is 1.74. The lowest BCUT2D eigenvalue weighted by atomic mass is 9.75. The Labute approximate surface area is 175 Å². The number of methoxy groups -OCH3 is 1. The molecule has 1 aliphatic heterocycles. The van der Waals surface area contributed by atoms with Crippen molar-refractivity contribution in [2.45, 2.75) is 44.4 Å². The number of ether oxygens (including phenoxy) is 1. The second-order valence-electron chi connectivity index (χ2n) is 8.44. The van der Waals surface area contributed by atoms with Gasteiger partial charge in [0, 0.05) is 38.6 Å². The molecule has 5 nitrogen and oxygen atoms in total. The summed E-state index contributed by atoms with van der Waals surface area (Å²) in [5, 5.41) is 0. The molecule has 1 aromatic heterocycles. The third kappa shape index (κ3) is 5.27. The maximum Gasteiger partial charge on any atom is 0.225 e. The third-order valence-electron chi connectivity index (χ3n) is 6.73. The van der Waals surface area contributed by atoms with Crippen LogP contribution in [0.15, 0.2) is 42.7 Å². The van der Waals surface area contributed by atoms with Gasteiger partial charge in [-0.05, 0) is 61.4 Å². The van der Waals surface area contributed by atoms with E-state index in [1.807, 2.05) is 18.5 Å². The van der Waals surface area contributed by atoms with Gasteiger partial charge in [-0.1, -0.05) is 31.4 Å². The molecule has 0 N–H and O–H groups in total. The van der Waals surface area contributed by atoms with Crippen molar-refractivity contribution < 1.29 is 4.74 Å². The number of nitrogens with zero attached hydrogens (tertiary/aromatic N) is 4. The monoisotopic (exact) mass is 394 g/mol. The second-order valence-corrected chi connectivity index (χ2v) is 8.44. The summed E-state index contributed by atoms with van der Waals surface area (Å²) >= 11 is 0. The fourth-order valence-electron chi connectivity index (χ4n) is 5.01. The number of rotatable bonds is 7. The molecule has 1 unspecified atom stereocenters. The molecule has 156 valence electrons. The molecule has 0 amide bonds. The molecule has 1 atom stereocenters. The summed E-state index contributed by atoms with van der Waals surface area (Å²) in [4.78, 5) is 13.7. The van der Waals surface area contributed by atoms with Crippen LogP contribution in [0.25, 0.3) is 0 Å². The highest BCUT2D eigenvalue weighted by Gasteiger charge is 2.26. The van der Waals surface area contributed by atoms with Crippen LogP contribution in [0.4, 0.5) is 5.95 Å². The zero-order valence-electron chi connectivity index (χ0n) is 17.7. The van der Waals surface area contributed by atoms with E-state index in [2.05, 4.69) is 44.0 Å². The first kappa shape index (κ1) is 20.1. The van der Waals surface area contributed by atoms with Crippen LogP contribution in [-0.2, 0) is 0 Å². The van der Waals surface area contributed by atoms with Gasteiger partial charge in [-0.15, -0.1) is 0 Å². The number of aromatic nitrogens is 2. The summed E-state index contributed by atoms with van der Waals surface area (Å²) in [6.07, 6.45) is 11.9. The normalized spacial score (nSPS) is 19.8. The first-order valence-corrected chi connectivity index (χ1v) is 11.2. The molecule has 2 fully saturated rings. The van der Waals surface area contributed by atoms with Crippen LogP contribution in [0, 0.1) is 5.92 Å². The van der Waals surface area contributed by atoms with Crippen LogP contribution >= 0.6 is 0 Å². The molecule has 0 spiro atoms. The average molecular weight is 395 g/mol. The van der Waals surface area contributed by atoms with Crippen LogP contribution in [0.5, 0.6) is 5.75 Å². The first-order valence-electron chi connectivity index (χ1n) is 11.2. The molecule has 1 saturated heterocycles.